The lowest BCUT2D eigenvalue weighted by Gasteiger charge is -2.31. The third-order valence-electron chi connectivity index (χ3n) is 5.45. The average Bonchev–Trinajstić information content (AvgIpc) is 3.11. The van der Waals surface area contributed by atoms with E-state index in [9.17, 15) is 9.59 Å². The van der Waals surface area contributed by atoms with E-state index in [1.807, 2.05) is 60.7 Å². The fourth-order valence-corrected chi connectivity index (χ4v) is 4.04. The summed E-state index contributed by atoms with van der Waals surface area (Å²) in [5.41, 5.74) is 4.14. The zero-order valence-corrected chi connectivity index (χ0v) is 16.8. The van der Waals surface area contributed by atoms with Gasteiger partial charge in [-0.2, -0.15) is 0 Å². The van der Waals surface area contributed by atoms with E-state index in [-0.39, 0.29) is 17.0 Å². The number of benzene rings is 3. The predicted molar refractivity (Wildman–Crippen MR) is 118 cm³/mol. The Kier molecular flexibility index (Phi) is 5.27. The van der Waals surface area contributed by atoms with Crippen molar-refractivity contribution in [1.29, 1.82) is 0 Å². The summed E-state index contributed by atoms with van der Waals surface area (Å²) in [7, 11) is 0. The molecule has 0 aromatic heterocycles. The molecule has 0 saturated heterocycles. The number of hydrogen-bond donors (Lipinski definition) is 3. The maximum absolute atomic E-state index is 12.8. The van der Waals surface area contributed by atoms with E-state index in [1.54, 1.807) is 12.1 Å². The lowest BCUT2D eigenvalue weighted by molar-refractivity contribution is 0.0696. The van der Waals surface area contributed by atoms with Crippen LogP contribution in [0.4, 0.5) is 11.4 Å². The molecule has 3 N–H and O–H groups in total. The first-order valence-electron chi connectivity index (χ1n) is 10.1. The minimum atomic E-state index is -0.926. The monoisotopic (exact) mass is 400 g/mol. The van der Waals surface area contributed by atoms with Crippen molar-refractivity contribution in [3.05, 3.63) is 95.1 Å². The van der Waals surface area contributed by atoms with Crippen molar-refractivity contribution in [3.63, 3.8) is 0 Å². The van der Waals surface area contributed by atoms with E-state index in [1.165, 1.54) is 0 Å². The quantitative estimate of drug-likeness (QED) is 0.476. The number of anilines is 2. The zero-order valence-electron chi connectivity index (χ0n) is 16.8. The second-order valence-electron chi connectivity index (χ2n) is 7.72. The first kappa shape index (κ1) is 19.7. The van der Waals surface area contributed by atoms with Crippen LogP contribution in [0.5, 0.6) is 0 Å². The van der Waals surface area contributed by atoms with Crippen molar-refractivity contribution in [3.8, 4) is 0 Å². The molecule has 4 rings (SSSR count). The van der Waals surface area contributed by atoms with Gasteiger partial charge in [0.15, 0.2) is 5.78 Å². The van der Waals surface area contributed by atoms with E-state index in [0.717, 1.165) is 29.8 Å². The van der Waals surface area contributed by atoms with Crippen molar-refractivity contribution in [2.75, 3.05) is 10.6 Å². The van der Waals surface area contributed by atoms with Crippen LogP contribution < -0.4 is 10.6 Å². The maximum atomic E-state index is 12.8. The first-order chi connectivity index (χ1) is 14.5. The van der Waals surface area contributed by atoms with E-state index in [4.69, 9.17) is 5.11 Å². The lowest BCUT2D eigenvalue weighted by Crippen LogP contribution is -2.44. The normalized spacial score (nSPS) is 17.0. The third-order valence-corrected chi connectivity index (χ3v) is 5.45. The van der Waals surface area contributed by atoms with E-state index in [2.05, 4.69) is 17.6 Å². The predicted octanol–water partition coefficient (Wildman–Crippen LogP) is 5.19. The highest BCUT2D eigenvalue weighted by Crippen LogP contribution is 2.39. The second-order valence-corrected chi connectivity index (χ2v) is 7.72. The van der Waals surface area contributed by atoms with Gasteiger partial charge in [0, 0.05) is 17.5 Å². The van der Waals surface area contributed by atoms with Gasteiger partial charge in [-0.1, -0.05) is 55.8 Å². The van der Waals surface area contributed by atoms with Crippen molar-refractivity contribution < 1.29 is 14.7 Å². The van der Waals surface area contributed by atoms with E-state index in [0.29, 0.717) is 17.5 Å². The summed E-state index contributed by atoms with van der Waals surface area (Å²) in [5.74, 6) is -0.928. The van der Waals surface area contributed by atoms with Gasteiger partial charge in [0.05, 0.1) is 16.9 Å². The van der Waals surface area contributed by atoms with Gasteiger partial charge in [0.1, 0.15) is 5.66 Å². The smallest absolute Gasteiger partial charge is 0.335 e. The van der Waals surface area contributed by atoms with Crippen LogP contribution in [0.3, 0.4) is 0 Å². The van der Waals surface area contributed by atoms with Crippen LogP contribution in [0.15, 0.2) is 72.8 Å². The van der Waals surface area contributed by atoms with Gasteiger partial charge in [-0.15, -0.1) is 0 Å². The molecule has 152 valence electrons. The van der Waals surface area contributed by atoms with Crippen molar-refractivity contribution in [2.45, 2.75) is 31.8 Å². The summed E-state index contributed by atoms with van der Waals surface area (Å²) in [4.78, 5) is 23.9. The number of rotatable bonds is 7. The van der Waals surface area contributed by atoms with Crippen molar-refractivity contribution in [2.24, 2.45) is 0 Å². The molecular formula is C25H24N2O3. The maximum Gasteiger partial charge on any atom is 0.335 e. The summed E-state index contributed by atoms with van der Waals surface area (Å²) in [6, 6.07) is 22.0. The number of carboxylic acid groups (broad SMARTS) is 1. The second kappa shape index (κ2) is 8.03. The van der Waals surface area contributed by atoms with Gasteiger partial charge in [0.25, 0.3) is 0 Å². The third kappa shape index (κ3) is 3.92. The number of carboxylic acids is 1. The Hall–Kier alpha value is -3.60. The lowest BCUT2D eigenvalue weighted by atomic mass is 9.95. The molecule has 0 fully saturated rings. The first-order valence-corrected chi connectivity index (χ1v) is 10.1. The van der Waals surface area contributed by atoms with Gasteiger partial charge >= 0.3 is 5.97 Å². The summed E-state index contributed by atoms with van der Waals surface area (Å²) in [5, 5.41) is 16.3. The highest BCUT2D eigenvalue weighted by molar-refractivity contribution is 6.10. The summed E-state index contributed by atoms with van der Waals surface area (Å²) in [6.45, 7) is 2.13. The Bertz CT molecular complexity index is 1080. The molecule has 3 aromatic carbocycles. The largest absolute Gasteiger partial charge is 0.478 e. The Morgan fingerprint density at radius 2 is 1.50 bits per heavy atom. The van der Waals surface area contributed by atoms with Crippen LogP contribution in [0.2, 0.25) is 0 Å². The Morgan fingerprint density at radius 1 is 0.833 bits per heavy atom. The van der Waals surface area contributed by atoms with Gasteiger partial charge in [-0.25, -0.2) is 4.79 Å². The topological polar surface area (TPSA) is 78.4 Å². The molecule has 5 heteroatoms. The van der Waals surface area contributed by atoms with Crippen molar-refractivity contribution >= 4 is 23.1 Å². The standard InChI is InChI=1S/C25H24N2O3/c1-2-14-25(16-17-8-10-19(11-9-17)24(29)30)26-21-13-12-20(15-22(21)27-25)23(28)18-6-4-3-5-7-18/h3-13,15,26-27H,2,14,16H2,1H3,(H,29,30). The Labute approximate surface area is 175 Å². The van der Waals surface area contributed by atoms with Crippen LogP contribution in [0.25, 0.3) is 0 Å². The van der Waals surface area contributed by atoms with Gasteiger partial charge in [-0.05, 0) is 42.3 Å². The van der Waals surface area contributed by atoms with Crippen LogP contribution in [-0.4, -0.2) is 22.5 Å². The Balaban J connectivity index is 1.58. The van der Waals surface area contributed by atoms with Crippen LogP contribution >= 0.6 is 0 Å². The minimum absolute atomic E-state index is 0.00236. The molecule has 5 nitrogen and oxygen atoms in total. The molecule has 1 aliphatic rings. The number of carbonyl (C=O) groups excluding carboxylic acids is 1. The van der Waals surface area contributed by atoms with E-state index >= 15 is 0 Å². The number of nitrogens with one attached hydrogen (secondary N) is 2. The molecule has 0 radical (unpaired) electrons. The number of carbonyl (C=O) groups is 2. The van der Waals surface area contributed by atoms with E-state index < -0.39 is 5.97 Å². The number of hydrogen-bond acceptors (Lipinski definition) is 4. The summed E-state index contributed by atoms with van der Waals surface area (Å²) >= 11 is 0. The molecule has 0 spiro atoms. The minimum Gasteiger partial charge on any atom is -0.478 e. The molecule has 1 aliphatic heterocycles. The number of fused-ring (bicyclic) bond motifs is 1. The number of ketones is 1. The summed E-state index contributed by atoms with van der Waals surface area (Å²) < 4.78 is 0. The molecule has 1 atom stereocenters. The fourth-order valence-electron chi connectivity index (χ4n) is 4.04. The van der Waals surface area contributed by atoms with Crippen LogP contribution in [0.1, 0.15) is 51.6 Å². The van der Waals surface area contributed by atoms with Gasteiger partial charge < -0.3 is 15.7 Å². The van der Waals surface area contributed by atoms with Gasteiger partial charge in [-0.3, -0.25) is 4.79 Å². The molecule has 1 heterocycles. The molecular weight excluding hydrogens is 376 g/mol. The zero-order chi connectivity index (χ0) is 21.1. The molecule has 30 heavy (non-hydrogen) atoms. The molecule has 0 amide bonds. The number of aromatic carboxylic acids is 1. The van der Waals surface area contributed by atoms with Crippen LogP contribution in [-0.2, 0) is 6.42 Å². The SMILES string of the molecule is CCCC1(Cc2ccc(C(=O)O)cc2)Nc2ccc(C(=O)c3ccccc3)cc2N1. The average molecular weight is 400 g/mol. The molecule has 0 aliphatic carbocycles. The summed E-state index contributed by atoms with van der Waals surface area (Å²) in [6.07, 6.45) is 2.54. The highest BCUT2D eigenvalue weighted by atomic mass is 16.4. The highest BCUT2D eigenvalue weighted by Gasteiger charge is 2.35. The molecule has 0 saturated carbocycles. The molecule has 3 aromatic rings. The van der Waals surface area contributed by atoms with Gasteiger partial charge in [0.2, 0.25) is 0 Å². The Morgan fingerprint density at radius 3 is 2.17 bits per heavy atom. The fraction of sp³-hybridized carbons (Fsp3) is 0.200. The van der Waals surface area contributed by atoms with Crippen LogP contribution in [0, 0.1) is 0 Å². The molecule has 0 bridgehead atoms. The molecule has 1 unspecified atom stereocenters. The van der Waals surface area contributed by atoms with Crippen molar-refractivity contribution in [1.82, 2.24) is 0 Å².